The standard InChI is InChI=1S/C15H25N3O/c1-5-16-13-9-12(10(3)4)17-15(18-13)14(19-6-2)11-7-8-11/h9-11,14H,5-8H2,1-4H3,(H,16,17,18). The molecule has 0 spiro atoms. The van der Waals surface area contributed by atoms with Gasteiger partial charge in [-0.25, -0.2) is 9.97 Å². The van der Waals surface area contributed by atoms with E-state index in [0.29, 0.717) is 18.4 Å². The smallest absolute Gasteiger partial charge is 0.160 e. The van der Waals surface area contributed by atoms with Crippen molar-refractivity contribution in [2.45, 2.75) is 52.6 Å². The molecule has 1 aliphatic rings. The second-order valence-electron chi connectivity index (χ2n) is 5.43. The molecular weight excluding hydrogens is 238 g/mol. The Balaban J connectivity index is 2.30. The maximum Gasteiger partial charge on any atom is 0.160 e. The van der Waals surface area contributed by atoms with Gasteiger partial charge in [0.25, 0.3) is 0 Å². The highest BCUT2D eigenvalue weighted by Gasteiger charge is 2.35. The summed E-state index contributed by atoms with van der Waals surface area (Å²) in [6, 6.07) is 2.05. The second kappa shape index (κ2) is 6.33. The average molecular weight is 263 g/mol. The van der Waals surface area contributed by atoms with Crippen molar-refractivity contribution in [2.24, 2.45) is 5.92 Å². The maximum absolute atomic E-state index is 5.87. The lowest BCUT2D eigenvalue weighted by Gasteiger charge is -2.18. The zero-order chi connectivity index (χ0) is 13.8. The summed E-state index contributed by atoms with van der Waals surface area (Å²) in [6.07, 6.45) is 2.54. The number of nitrogens with one attached hydrogen (secondary N) is 1. The maximum atomic E-state index is 5.87. The molecule has 106 valence electrons. The van der Waals surface area contributed by atoms with Crippen LogP contribution in [0.5, 0.6) is 0 Å². The minimum Gasteiger partial charge on any atom is -0.370 e. The number of aromatic nitrogens is 2. The summed E-state index contributed by atoms with van der Waals surface area (Å²) in [6.45, 7) is 10.0. The van der Waals surface area contributed by atoms with E-state index >= 15 is 0 Å². The van der Waals surface area contributed by atoms with Crippen LogP contribution in [0.2, 0.25) is 0 Å². The van der Waals surface area contributed by atoms with Crippen molar-refractivity contribution in [3.8, 4) is 0 Å². The summed E-state index contributed by atoms with van der Waals surface area (Å²) in [5, 5.41) is 3.29. The first-order chi connectivity index (χ1) is 9.15. The van der Waals surface area contributed by atoms with Gasteiger partial charge in [-0.3, -0.25) is 0 Å². The highest BCUT2D eigenvalue weighted by molar-refractivity contribution is 5.37. The molecule has 1 heterocycles. The molecule has 1 aliphatic carbocycles. The van der Waals surface area contributed by atoms with Crippen molar-refractivity contribution in [2.75, 3.05) is 18.5 Å². The highest BCUT2D eigenvalue weighted by atomic mass is 16.5. The zero-order valence-corrected chi connectivity index (χ0v) is 12.4. The molecule has 1 fully saturated rings. The first kappa shape index (κ1) is 14.3. The molecule has 1 aromatic rings. The summed E-state index contributed by atoms with van der Waals surface area (Å²) in [4.78, 5) is 9.36. The fourth-order valence-corrected chi connectivity index (χ4v) is 2.18. The predicted molar refractivity (Wildman–Crippen MR) is 77.4 cm³/mol. The van der Waals surface area contributed by atoms with E-state index in [0.717, 1.165) is 23.9 Å². The van der Waals surface area contributed by atoms with Crippen molar-refractivity contribution in [3.63, 3.8) is 0 Å². The van der Waals surface area contributed by atoms with E-state index in [1.54, 1.807) is 0 Å². The van der Waals surface area contributed by atoms with Gasteiger partial charge in [0.15, 0.2) is 5.82 Å². The van der Waals surface area contributed by atoms with Gasteiger partial charge in [-0.2, -0.15) is 0 Å². The van der Waals surface area contributed by atoms with Gasteiger partial charge >= 0.3 is 0 Å². The Hall–Kier alpha value is -1.16. The number of hydrogen-bond donors (Lipinski definition) is 1. The van der Waals surface area contributed by atoms with E-state index in [9.17, 15) is 0 Å². The Kier molecular flexibility index (Phi) is 4.75. The van der Waals surface area contributed by atoms with Crippen LogP contribution in [0.25, 0.3) is 0 Å². The molecule has 0 bridgehead atoms. The molecule has 0 aromatic carbocycles. The zero-order valence-electron chi connectivity index (χ0n) is 12.4. The van der Waals surface area contributed by atoms with E-state index in [1.807, 2.05) is 13.0 Å². The number of anilines is 1. The number of hydrogen-bond acceptors (Lipinski definition) is 4. The Morgan fingerprint density at radius 2 is 2.05 bits per heavy atom. The van der Waals surface area contributed by atoms with Gasteiger partial charge in [0.05, 0.1) is 0 Å². The van der Waals surface area contributed by atoms with Gasteiger partial charge in [-0.15, -0.1) is 0 Å². The minimum absolute atomic E-state index is 0.0705. The SMILES string of the molecule is CCNc1cc(C(C)C)nc(C(OCC)C2CC2)n1. The molecule has 0 saturated heterocycles. The quantitative estimate of drug-likeness (QED) is 0.817. The first-order valence-corrected chi connectivity index (χ1v) is 7.40. The third-order valence-electron chi connectivity index (χ3n) is 3.36. The summed E-state index contributed by atoms with van der Waals surface area (Å²) in [7, 11) is 0. The first-order valence-electron chi connectivity index (χ1n) is 7.40. The van der Waals surface area contributed by atoms with Crippen molar-refractivity contribution < 1.29 is 4.74 Å². The minimum atomic E-state index is 0.0705. The van der Waals surface area contributed by atoms with Gasteiger partial charge in [0.1, 0.15) is 11.9 Å². The van der Waals surface area contributed by atoms with Gasteiger partial charge in [0.2, 0.25) is 0 Å². The lowest BCUT2D eigenvalue weighted by atomic mass is 10.1. The van der Waals surface area contributed by atoms with Gasteiger partial charge in [-0.05, 0) is 38.5 Å². The molecule has 1 aromatic heterocycles. The lowest BCUT2D eigenvalue weighted by Crippen LogP contribution is -2.14. The molecule has 19 heavy (non-hydrogen) atoms. The van der Waals surface area contributed by atoms with Crippen LogP contribution in [0.4, 0.5) is 5.82 Å². The average Bonchev–Trinajstić information content (AvgIpc) is 3.20. The number of rotatable bonds is 7. The van der Waals surface area contributed by atoms with E-state index in [4.69, 9.17) is 9.72 Å². The largest absolute Gasteiger partial charge is 0.370 e. The highest BCUT2D eigenvalue weighted by Crippen LogP contribution is 2.42. The van der Waals surface area contributed by atoms with E-state index in [1.165, 1.54) is 12.8 Å². The summed E-state index contributed by atoms with van der Waals surface area (Å²) < 4.78 is 5.87. The molecule has 1 N–H and O–H groups in total. The van der Waals surface area contributed by atoms with Crippen LogP contribution in [0.15, 0.2) is 6.07 Å². The monoisotopic (exact) mass is 263 g/mol. The van der Waals surface area contributed by atoms with Crippen molar-refractivity contribution in [1.82, 2.24) is 9.97 Å². The molecule has 0 amide bonds. The predicted octanol–water partition coefficient (Wildman–Crippen LogP) is 3.52. The van der Waals surface area contributed by atoms with Crippen LogP contribution >= 0.6 is 0 Å². The third-order valence-corrected chi connectivity index (χ3v) is 3.36. The number of ether oxygens (including phenoxy) is 1. The fraction of sp³-hybridized carbons (Fsp3) is 0.733. The number of nitrogens with zero attached hydrogens (tertiary/aromatic N) is 2. The Morgan fingerprint density at radius 1 is 1.32 bits per heavy atom. The third kappa shape index (κ3) is 3.66. The Morgan fingerprint density at radius 3 is 2.58 bits per heavy atom. The molecule has 2 rings (SSSR count). The Bertz CT molecular complexity index is 416. The molecule has 1 atom stereocenters. The molecule has 1 unspecified atom stereocenters. The van der Waals surface area contributed by atoms with E-state index in [2.05, 4.69) is 31.1 Å². The van der Waals surface area contributed by atoms with Gasteiger partial charge in [0, 0.05) is 24.9 Å². The van der Waals surface area contributed by atoms with Crippen LogP contribution in [-0.4, -0.2) is 23.1 Å². The molecule has 0 aliphatic heterocycles. The normalized spacial score (nSPS) is 16.7. The fourth-order valence-electron chi connectivity index (χ4n) is 2.18. The van der Waals surface area contributed by atoms with Crippen LogP contribution in [-0.2, 0) is 4.74 Å². The van der Waals surface area contributed by atoms with Crippen LogP contribution < -0.4 is 5.32 Å². The second-order valence-corrected chi connectivity index (χ2v) is 5.43. The van der Waals surface area contributed by atoms with Crippen LogP contribution in [0.1, 0.15) is 64.1 Å². The molecule has 0 radical (unpaired) electrons. The van der Waals surface area contributed by atoms with Crippen molar-refractivity contribution in [3.05, 3.63) is 17.6 Å². The van der Waals surface area contributed by atoms with E-state index in [-0.39, 0.29) is 6.10 Å². The summed E-state index contributed by atoms with van der Waals surface area (Å²) in [5.41, 5.74) is 1.09. The Labute approximate surface area is 116 Å². The van der Waals surface area contributed by atoms with E-state index < -0.39 is 0 Å². The summed E-state index contributed by atoms with van der Waals surface area (Å²) in [5.74, 6) is 2.78. The molecule has 4 heteroatoms. The van der Waals surface area contributed by atoms with Crippen LogP contribution in [0, 0.1) is 5.92 Å². The van der Waals surface area contributed by atoms with Crippen LogP contribution in [0.3, 0.4) is 0 Å². The van der Waals surface area contributed by atoms with Gasteiger partial charge < -0.3 is 10.1 Å². The van der Waals surface area contributed by atoms with Crippen molar-refractivity contribution >= 4 is 5.82 Å². The molecule has 1 saturated carbocycles. The van der Waals surface area contributed by atoms with Gasteiger partial charge in [-0.1, -0.05) is 13.8 Å². The van der Waals surface area contributed by atoms with Crippen molar-refractivity contribution in [1.29, 1.82) is 0 Å². The topological polar surface area (TPSA) is 47.0 Å². The lowest BCUT2D eigenvalue weighted by molar-refractivity contribution is 0.0399. The summed E-state index contributed by atoms with van der Waals surface area (Å²) >= 11 is 0. The molecular formula is C15H25N3O. The molecule has 4 nitrogen and oxygen atoms in total.